The van der Waals surface area contributed by atoms with Crippen LogP contribution in [0, 0.1) is 0 Å². The van der Waals surface area contributed by atoms with Crippen LogP contribution in [0.5, 0.6) is 11.5 Å². The second kappa shape index (κ2) is 5.29. The van der Waals surface area contributed by atoms with E-state index in [-0.39, 0.29) is 6.10 Å². The Labute approximate surface area is 114 Å². The van der Waals surface area contributed by atoms with Crippen molar-refractivity contribution in [2.75, 3.05) is 44.2 Å². The highest BCUT2D eigenvalue weighted by Gasteiger charge is 2.25. The van der Waals surface area contributed by atoms with Crippen LogP contribution < -0.4 is 14.4 Å². The van der Waals surface area contributed by atoms with Crippen LogP contribution in [0.1, 0.15) is 13.8 Å². The minimum Gasteiger partial charge on any atom is -0.486 e. The summed E-state index contributed by atoms with van der Waals surface area (Å²) in [4.78, 5) is 4.89. The zero-order valence-corrected chi connectivity index (χ0v) is 11.8. The lowest BCUT2D eigenvalue weighted by molar-refractivity contribution is 0.104. The van der Waals surface area contributed by atoms with Gasteiger partial charge in [0.25, 0.3) is 0 Å². The molecule has 1 unspecified atom stereocenters. The van der Waals surface area contributed by atoms with Crippen molar-refractivity contribution < 1.29 is 9.47 Å². The van der Waals surface area contributed by atoms with Gasteiger partial charge in [-0.2, -0.15) is 0 Å². The van der Waals surface area contributed by atoms with Crippen LogP contribution in [0.15, 0.2) is 18.2 Å². The molecular weight excluding hydrogens is 240 g/mol. The summed E-state index contributed by atoms with van der Waals surface area (Å²) in [6.07, 6.45) is 0.130. The van der Waals surface area contributed by atoms with E-state index in [1.54, 1.807) is 0 Å². The first kappa shape index (κ1) is 12.6. The van der Waals surface area contributed by atoms with Crippen molar-refractivity contribution >= 4 is 5.69 Å². The van der Waals surface area contributed by atoms with Crippen LogP contribution in [-0.2, 0) is 0 Å². The van der Waals surface area contributed by atoms with Gasteiger partial charge < -0.3 is 19.3 Å². The standard InChI is InChI=1S/C15H22N2O2/c1-3-16-7-9-17(10-8-16)13-5-4-6-14-15(13)19-12(2)11-18-14/h4-6,12H,3,7-11H2,1-2H3. The molecule has 104 valence electrons. The van der Waals surface area contributed by atoms with Gasteiger partial charge in [-0.1, -0.05) is 13.0 Å². The molecule has 0 spiro atoms. The second-order valence-electron chi connectivity index (χ2n) is 5.27. The SMILES string of the molecule is CCN1CCN(c2cccc3c2OC(C)CO3)CC1. The van der Waals surface area contributed by atoms with Crippen molar-refractivity contribution in [1.29, 1.82) is 0 Å². The van der Waals surface area contributed by atoms with Crippen LogP contribution in [0.4, 0.5) is 5.69 Å². The number of likely N-dealkylation sites (N-methyl/N-ethyl adjacent to an activating group) is 1. The summed E-state index contributed by atoms with van der Waals surface area (Å²) in [5.41, 5.74) is 1.18. The van der Waals surface area contributed by atoms with Crippen molar-refractivity contribution in [3.8, 4) is 11.5 Å². The summed E-state index contributed by atoms with van der Waals surface area (Å²) in [6, 6.07) is 6.19. The number of anilines is 1. The maximum absolute atomic E-state index is 5.99. The fourth-order valence-electron chi connectivity index (χ4n) is 2.73. The predicted molar refractivity (Wildman–Crippen MR) is 76.4 cm³/mol. The molecule has 4 nitrogen and oxygen atoms in total. The van der Waals surface area contributed by atoms with Gasteiger partial charge in [-0.15, -0.1) is 0 Å². The molecule has 0 N–H and O–H groups in total. The van der Waals surface area contributed by atoms with Crippen molar-refractivity contribution in [1.82, 2.24) is 4.90 Å². The molecule has 1 saturated heterocycles. The van der Waals surface area contributed by atoms with Gasteiger partial charge in [0, 0.05) is 26.2 Å². The van der Waals surface area contributed by atoms with E-state index in [0.29, 0.717) is 6.61 Å². The molecule has 19 heavy (non-hydrogen) atoms. The van der Waals surface area contributed by atoms with Gasteiger partial charge >= 0.3 is 0 Å². The fourth-order valence-corrected chi connectivity index (χ4v) is 2.73. The average Bonchev–Trinajstić information content (AvgIpc) is 2.47. The smallest absolute Gasteiger partial charge is 0.185 e. The van der Waals surface area contributed by atoms with Gasteiger partial charge in [0.2, 0.25) is 0 Å². The number of piperazine rings is 1. The van der Waals surface area contributed by atoms with Gasteiger partial charge in [-0.05, 0) is 25.6 Å². The summed E-state index contributed by atoms with van der Waals surface area (Å²) in [6.45, 7) is 10.4. The molecule has 3 rings (SSSR count). The number of rotatable bonds is 2. The largest absolute Gasteiger partial charge is 0.486 e. The molecule has 2 aliphatic heterocycles. The van der Waals surface area contributed by atoms with Crippen LogP contribution in [0.3, 0.4) is 0 Å². The molecule has 0 radical (unpaired) electrons. The number of fused-ring (bicyclic) bond motifs is 1. The minimum absolute atomic E-state index is 0.130. The highest BCUT2D eigenvalue weighted by Crippen LogP contribution is 2.40. The van der Waals surface area contributed by atoms with Crippen LogP contribution in [0.25, 0.3) is 0 Å². The lowest BCUT2D eigenvalue weighted by Gasteiger charge is -2.37. The topological polar surface area (TPSA) is 24.9 Å². The van der Waals surface area contributed by atoms with E-state index in [4.69, 9.17) is 9.47 Å². The zero-order chi connectivity index (χ0) is 13.2. The van der Waals surface area contributed by atoms with Crippen molar-refractivity contribution in [2.45, 2.75) is 20.0 Å². The Morgan fingerprint density at radius 1 is 1.21 bits per heavy atom. The Balaban J connectivity index is 1.81. The van der Waals surface area contributed by atoms with E-state index in [2.05, 4.69) is 35.8 Å². The first-order valence-corrected chi connectivity index (χ1v) is 7.17. The highest BCUT2D eigenvalue weighted by atomic mass is 16.6. The molecule has 1 aromatic rings. The van der Waals surface area contributed by atoms with E-state index in [9.17, 15) is 0 Å². The third-order valence-electron chi connectivity index (χ3n) is 3.91. The lowest BCUT2D eigenvalue weighted by Crippen LogP contribution is -2.46. The Hall–Kier alpha value is -1.42. The predicted octanol–water partition coefficient (Wildman–Crippen LogP) is 1.99. The molecule has 4 heteroatoms. The van der Waals surface area contributed by atoms with Crippen LogP contribution in [-0.4, -0.2) is 50.3 Å². The molecule has 0 amide bonds. The Morgan fingerprint density at radius 3 is 2.74 bits per heavy atom. The molecule has 0 aromatic heterocycles. The Morgan fingerprint density at radius 2 is 2.00 bits per heavy atom. The fraction of sp³-hybridized carbons (Fsp3) is 0.600. The first-order chi connectivity index (χ1) is 9.28. The summed E-state index contributed by atoms with van der Waals surface area (Å²) < 4.78 is 11.7. The quantitative estimate of drug-likeness (QED) is 0.814. The molecule has 1 aromatic carbocycles. The molecule has 2 aliphatic rings. The summed E-state index contributed by atoms with van der Waals surface area (Å²) in [5, 5.41) is 0. The van der Waals surface area contributed by atoms with E-state index < -0.39 is 0 Å². The van der Waals surface area contributed by atoms with Crippen molar-refractivity contribution in [3.05, 3.63) is 18.2 Å². The molecular formula is C15H22N2O2. The Bertz CT molecular complexity index is 442. The van der Waals surface area contributed by atoms with Crippen molar-refractivity contribution in [2.24, 2.45) is 0 Å². The normalized spacial score (nSPS) is 23.5. The van der Waals surface area contributed by atoms with Gasteiger partial charge in [0.1, 0.15) is 12.7 Å². The number of hydrogen-bond acceptors (Lipinski definition) is 4. The lowest BCUT2D eigenvalue weighted by atomic mass is 10.2. The monoisotopic (exact) mass is 262 g/mol. The second-order valence-corrected chi connectivity index (χ2v) is 5.27. The number of hydrogen-bond donors (Lipinski definition) is 0. The Kier molecular flexibility index (Phi) is 3.51. The number of nitrogens with zero attached hydrogens (tertiary/aromatic N) is 2. The zero-order valence-electron chi connectivity index (χ0n) is 11.8. The van der Waals surface area contributed by atoms with E-state index >= 15 is 0 Å². The first-order valence-electron chi connectivity index (χ1n) is 7.17. The number of ether oxygens (including phenoxy) is 2. The molecule has 1 atom stereocenters. The van der Waals surface area contributed by atoms with Crippen molar-refractivity contribution in [3.63, 3.8) is 0 Å². The van der Waals surface area contributed by atoms with E-state index in [1.807, 2.05) is 6.07 Å². The highest BCUT2D eigenvalue weighted by molar-refractivity contribution is 5.65. The number of para-hydroxylation sites is 1. The molecule has 0 aliphatic carbocycles. The molecule has 2 heterocycles. The summed E-state index contributed by atoms with van der Waals surface area (Å²) in [7, 11) is 0. The molecule has 1 fully saturated rings. The number of benzene rings is 1. The molecule has 0 bridgehead atoms. The van der Waals surface area contributed by atoms with Gasteiger partial charge in [0.15, 0.2) is 11.5 Å². The third kappa shape index (κ3) is 2.50. The molecule has 0 saturated carbocycles. The minimum atomic E-state index is 0.130. The van der Waals surface area contributed by atoms with Crippen LogP contribution in [0.2, 0.25) is 0 Å². The maximum atomic E-state index is 5.99. The summed E-state index contributed by atoms with van der Waals surface area (Å²) >= 11 is 0. The van der Waals surface area contributed by atoms with E-state index in [1.165, 1.54) is 5.69 Å². The van der Waals surface area contributed by atoms with Gasteiger partial charge in [-0.25, -0.2) is 0 Å². The third-order valence-corrected chi connectivity index (χ3v) is 3.91. The van der Waals surface area contributed by atoms with E-state index in [0.717, 1.165) is 44.2 Å². The van der Waals surface area contributed by atoms with Gasteiger partial charge in [-0.3, -0.25) is 0 Å². The van der Waals surface area contributed by atoms with Gasteiger partial charge in [0.05, 0.1) is 5.69 Å². The summed E-state index contributed by atoms with van der Waals surface area (Å²) in [5.74, 6) is 1.81. The van der Waals surface area contributed by atoms with Crippen LogP contribution >= 0.6 is 0 Å². The average molecular weight is 262 g/mol. The maximum Gasteiger partial charge on any atom is 0.185 e.